The van der Waals surface area contributed by atoms with Crippen molar-refractivity contribution in [3.63, 3.8) is 0 Å². The SMILES string of the molecule is NC(=S)CNC(=O)C(=O)Nc1cccc(Cl)c1Cl. The van der Waals surface area contributed by atoms with E-state index in [0.717, 1.165) is 0 Å². The molecule has 0 bridgehead atoms. The van der Waals surface area contributed by atoms with Crippen molar-refractivity contribution in [2.24, 2.45) is 5.73 Å². The molecule has 0 unspecified atom stereocenters. The van der Waals surface area contributed by atoms with Gasteiger partial charge in [0.25, 0.3) is 0 Å². The first-order valence-corrected chi connectivity index (χ1v) is 5.89. The van der Waals surface area contributed by atoms with E-state index in [9.17, 15) is 9.59 Å². The Hall–Kier alpha value is -1.37. The minimum atomic E-state index is -0.879. The Morgan fingerprint density at radius 2 is 1.94 bits per heavy atom. The van der Waals surface area contributed by atoms with Gasteiger partial charge in [-0.25, -0.2) is 0 Å². The standard InChI is InChI=1S/C10H9Cl2N3O2S/c11-5-2-1-3-6(8(5)12)15-10(17)9(16)14-4-7(13)18/h1-3H,4H2,(H2,13,18)(H,14,16)(H,15,17). The lowest BCUT2D eigenvalue weighted by Crippen LogP contribution is -2.39. The average molecular weight is 306 g/mol. The molecular weight excluding hydrogens is 297 g/mol. The largest absolute Gasteiger partial charge is 0.392 e. The number of carbonyl (C=O) groups excluding carboxylic acids is 2. The highest BCUT2D eigenvalue weighted by atomic mass is 35.5. The number of anilines is 1. The fraction of sp³-hybridized carbons (Fsp3) is 0.100. The van der Waals surface area contributed by atoms with Gasteiger partial charge in [-0.1, -0.05) is 41.5 Å². The lowest BCUT2D eigenvalue weighted by molar-refractivity contribution is -0.135. The summed E-state index contributed by atoms with van der Waals surface area (Å²) in [5.74, 6) is -1.74. The summed E-state index contributed by atoms with van der Waals surface area (Å²) in [5, 5.41) is 5.00. The maximum atomic E-state index is 11.5. The second-order valence-electron chi connectivity index (χ2n) is 3.20. The Kier molecular flexibility index (Phi) is 5.33. The third-order valence-electron chi connectivity index (χ3n) is 1.83. The molecule has 0 aliphatic heterocycles. The minimum absolute atomic E-state index is 0.0507. The molecule has 1 aromatic rings. The molecule has 2 amide bonds. The zero-order valence-corrected chi connectivity index (χ0v) is 11.3. The molecule has 18 heavy (non-hydrogen) atoms. The Labute approximate surface area is 119 Å². The van der Waals surface area contributed by atoms with E-state index in [2.05, 4.69) is 22.9 Å². The van der Waals surface area contributed by atoms with Gasteiger partial charge in [-0.3, -0.25) is 9.59 Å². The first-order valence-electron chi connectivity index (χ1n) is 4.73. The predicted octanol–water partition coefficient (Wildman–Crippen LogP) is 1.33. The Bertz CT molecular complexity index is 508. The molecule has 96 valence electrons. The first kappa shape index (κ1) is 14.7. The topological polar surface area (TPSA) is 84.2 Å². The van der Waals surface area contributed by atoms with Crippen LogP contribution in [0.25, 0.3) is 0 Å². The van der Waals surface area contributed by atoms with E-state index in [1.165, 1.54) is 6.07 Å². The molecule has 0 spiro atoms. The molecule has 0 aliphatic rings. The van der Waals surface area contributed by atoms with Crippen molar-refractivity contribution < 1.29 is 9.59 Å². The van der Waals surface area contributed by atoms with Crippen LogP contribution in [-0.4, -0.2) is 23.3 Å². The number of benzene rings is 1. The lowest BCUT2D eigenvalue weighted by atomic mass is 10.3. The molecule has 0 saturated carbocycles. The molecule has 0 aliphatic carbocycles. The number of hydrogen-bond donors (Lipinski definition) is 3. The number of rotatable bonds is 3. The van der Waals surface area contributed by atoms with Crippen LogP contribution in [0.5, 0.6) is 0 Å². The number of nitrogens with one attached hydrogen (secondary N) is 2. The van der Waals surface area contributed by atoms with Crippen molar-refractivity contribution in [2.75, 3.05) is 11.9 Å². The van der Waals surface area contributed by atoms with Crippen molar-refractivity contribution in [1.29, 1.82) is 0 Å². The third kappa shape index (κ3) is 4.14. The third-order valence-corrected chi connectivity index (χ3v) is 2.79. The Morgan fingerprint density at radius 3 is 2.56 bits per heavy atom. The summed E-state index contributed by atoms with van der Waals surface area (Å²) >= 11 is 16.2. The van der Waals surface area contributed by atoms with Gasteiger partial charge in [0, 0.05) is 0 Å². The molecule has 0 saturated heterocycles. The van der Waals surface area contributed by atoms with Gasteiger partial charge < -0.3 is 16.4 Å². The van der Waals surface area contributed by atoms with Crippen LogP contribution in [0.4, 0.5) is 5.69 Å². The van der Waals surface area contributed by atoms with Crippen molar-refractivity contribution in [1.82, 2.24) is 5.32 Å². The molecule has 0 radical (unpaired) electrons. The van der Waals surface area contributed by atoms with Crippen LogP contribution in [0.1, 0.15) is 0 Å². The van der Waals surface area contributed by atoms with Gasteiger partial charge in [0.15, 0.2) is 0 Å². The molecule has 0 heterocycles. The van der Waals surface area contributed by atoms with Crippen molar-refractivity contribution >= 4 is 57.9 Å². The van der Waals surface area contributed by atoms with Crippen LogP contribution in [0.3, 0.4) is 0 Å². The number of amides is 2. The van der Waals surface area contributed by atoms with Gasteiger partial charge in [0.05, 0.1) is 27.3 Å². The number of hydrogen-bond acceptors (Lipinski definition) is 3. The van der Waals surface area contributed by atoms with E-state index in [4.69, 9.17) is 28.9 Å². The summed E-state index contributed by atoms with van der Waals surface area (Å²) in [6.07, 6.45) is 0. The van der Waals surface area contributed by atoms with E-state index in [0.29, 0.717) is 0 Å². The molecule has 1 rings (SSSR count). The second-order valence-corrected chi connectivity index (χ2v) is 4.51. The molecule has 5 nitrogen and oxygen atoms in total. The van der Waals surface area contributed by atoms with Crippen molar-refractivity contribution in [2.45, 2.75) is 0 Å². The highest BCUT2D eigenvalue weighted by Crippen LogP contribution is 2.29. The summed E-state index contributed by atoms with van der Waals surface area (Å²) in [6, 6.07) is 4.68. The van der Waals surface area contributed by atoms with E-state index in [1.807, 2.05) is 0 Å². The molecular formula is C10H9Cl2N3O2S. The van der Waals surface area contributed by atoms with Crippen LogP contribution in [-0.2, 0) is 9.59 Å². The molecule has 0 fully saturated rings. The van der Waals surface area contributed by atoms with Crippen LogP contribution in [0, 0.1) is 0 Å². The van der Waals surface area contributed by atoms with Gasteiger partial charge in [-0.15, -0.1) is 0 Å². The summed E-state index contributed by atoms with van der Waals surface area (Å²) < 4.78 is 0. The van der Waals surface area contributed by atoms with Gasteiger partial charge in [-0.05, 0) is 12.1 Å². The number of halogens is 2. The molecule has 0 atom stereocenters. The van der Waals surface area contributed by atoms with E-state index >= 15 is 0 Å². The average Bonchev–Trinajstić information content (AvgIpc) is 2.31. The van der Waals surface area contributed by atoms with Gasteiger partial charge in [0.2, 0.25) is 0 Å². The van der Waals surface area contributed by atoms with Gasteiger partial charge in [0.1, 0.15) is 0 Å². The number of thiocarbonyl (C=S) groups is 1. The van der Waals surface area contributed by atoms with Crippen molar-refractivity contribution in [3.05, 3.63) is 28.2 Å². The van der Waals surface area contributed by atoms with Crippen LogP contribution in [0.2, 0.25) is 10.0 Å². The monoisotopic (exact) mass is 305 g/mol. The molecule has 1 aromatic carbocycles. The zero-order chi connectivity index (χ0) is 13.7. The Balaban J connectivity index is 2.67. The molecule has 0 aromatic heterocycles. The molecule has 8 heteroatoms. The summed E-state index contributed by atoms with van der Waals surface area (Å²) in [4.78, 5) is 22.9. The van der Waals surface area contributed by atoms with Crippen molar-refractivity contribution in [3.8, 4) is 0 Å². The van der Waals surface area contributed by atoms with Crippen LogP contribution in [0.15, 0.2) is 18.2 Å². The van der Waals surface area contributed by atoms with E-state index in [-0.39, 0.29) is 27.3 Å². The highest BCUT2D eigenvalue weighted by molar-refractivity contribution is 7.80. The minimum Gasteiger partial charge on any atom is -0.392 e. The smallest absolute Gasteiger partial charge is 0.313 e. The normalized spacial score (nSPS) is 9.67. The first-order chi connectivity index (χ1) is 8.41. The maximum absolute atomic E-state index is 11.5. The van der Waals surface area contributed by atoms with E-state index in [1.54, 1.807) is 12.1 Å². The lowest BCUT2D eigenvalue weighted by Gasteiger charge is -2.08. The van der Waals surface area contributed by atoms with Gasteiger partial charge >= 0.3 is 11.8 Å². The molecule has 4 N–H and O–H groups in total. The predicted molar refractivity (Wildman–Crippen MR) is 74.9 cm³/mol. The number of nitrogens with two attached hydrogens (primary N) is 1. The Morgan fingerprint density at radius 1 is 1.28 bits per heavy atom. The maximum Gasteiger partial charge on any atom is 0.313 e. The van der Waals surface area contributed by atoms with E-state index < -0.39 is 11.8 Å². The highest BCUT2D eigenvalue weighted by Gasteiger charge is 2.15. The quantitative estimate of drug-likeness (QED) is 0.581. The fourth-order valence-electron chi connectivity index (χ4n) is 1.03. The summed E-state index contributed by atoms with van der Waals surface area (Å²) in [7, 11) is 0. The number of carbonyl (C=O) groups is 2. The second kappa shape index (κ2) is 6.53. The fourth-order valence-corrected chi connectivity index (χ4v) is 1.45. The summed E-state index contributed by atoms with van der Waals surface area (Å²) in [6.45, 7) is -0.0507. The van der Waals surface area contributed by atoms with Crippen LogP contribution >= 0.6 is 35.4 Å². The zero-order valence-electron chi connectivity index (χ0n) is 9.00. The van der Waals surface area contributed by atoms with Gasteiger partial charge in [-0.2, -0.15) is 0 Å². The van der Waals surface area contributed by atoms with Crippen LogP contribution < -0.4 is 16.4 Å². The summed E-state index contributed by atoms with van der Waals surface area (Å²) in [5.41, 5.74) is 5.43.